The molecule has 0 aromatic carbocycles. The van der Waals surface area contributed by atoms with E-state index in [0.717, 1.165) is 6.42 Å². The summed E-state index contributed by atoms with van der Waals surface area (Å²) in [5.74, 6) is -0.786. The smallest absolute Gasteiger partial charge is 0.320 e. The molecule has 120 valence electrons. The van der Waals surface area contributed by atoms with Gasteiger partial charge in [-0.2, -0.15) is 0 Å². The van der Waals surface area contributed by atoms with Crippen molar-refractivity contribution in [3.05, 3.63) is 12.7 Å². The minimum Gasteiger partial charge on any atom is -0.481 e. The van der Waals surface area contributed by atoms with Crippen LogP contribution in [0.5, 0.6) is 0 Å². The second-order valence-electron chi connectivity index (χ2n) is 6.86. The van der Waals surface area contributed by atoms with Crippen molar-refractivity contribution in [3.63, 3.8) is 0 Å². The van der Waals surface area contributed by atoms with Gasteiger partial charge in [-0.1, -0.05) is 19.4 Å². The summed E-state index contributed by atoms with van der Waals surface area (Å²) in [6.07, 6.45) is 3.66. The molecular weight excluding hydrogens is 268 g/mol. The van der Waals surface area contributed by atoms with Gasteiger partial charge in [0.05, 0.1) is 5.41 Å². The Morgan fingerprint density at radius 2 is 2.05 bits per heavy atom. The van der Waals surface area contributed by atoms with Gasteiger partial charge in [0.15, 0.2) is 0 Å². The predicted octanol–water partition coefficient (Wildman–Crippen LogP) is 2.97. The zero-order valence-electron chi connectivity index (χ0n) is 13.7. The van der Waals surface area contributed by atoms with Gasteiger partial charge in [-0.05, 0) is 33.6 Å². The van der Waals surface area contributed by atoms with Gasteiger partial charge in [0.25, 0.3) is 0 Å². The number of hydrogen-bond donors (Lipinski definition) is 1. The van der Waals surface area contributed by atoms with Crippen LogP contribution in [0.25, 0.3) is 0 Å². The van der Waals surface area contributed by atoms with Crippen LogP contribution < -0.4 is 0 Å². The summed E-state index contributed by atoms with van der Waals surface area (Å²) >= 11 is 0. The van der Waals surface area contributed by atoms with Gasteiger partial charge in [0, 0.05) is 25.2 Å². The summed E-state index contributed by atoms with van der Waals surface area (Å²) in [5.41, 5.74) is -1.09. The molecule has 1 aliphatic heterocycles. The number of urea groups is 1. The third-order valence-corrected chi connectivity index (χ3v) is 4.16. The van der Waals surface area contributed by atoms with Crippen LogP contribution in [0.2, 0.25) is 0 Å². The lowest BCUT2D eigenvalue weighted by Gasteiger charge is -2.38. The molecule has 0 saturated carbocycles. The maximum absolute atomic E-state index is 12.7. The van der Waals surface area contributed by atoms with E-state index in [2.05, 4.69) is 6.58 Å². The Bertz CT molecular complexity index is 414. The van der Waals surface area contributed by atoms with Crippen LogP contribution in [0.1, 0.15) is 47.0 Å². The fourth-order valence-corrected chi connectivity index (χ4v) is 2.94. The minimum atomic E-state index is -0.786. The summed E-state index contributed by atoms with van der Waals surface area (Å²) in [5, 5.41) is 9.53. The molecule has 1 fully saturated rings. The number of amides is 2. The number of aliphatic carboxylic acids is 1. The molecule has 1 unspecified atom stereocenters. The Morgan fingerprint density at radius 1 is 1.43 bits per heavy atom. The van der Waals surface area contributed by atoms with E-state index in [1.54, 1.807) is 15.9 Å². The Morgan fingerprint density at radius 3 is 2.48 bits per heavy atom. The fraction of sp³-hybridized carbons (Fsp3) is 0.750. The molecule has 2 amide bonds. The number of carbonyl (C=O) groups is 2. The van der Waals surface area contributed by atoms with E-state index in [9.17, 15) is 14.7 Å². The molecule has 5 heteroatoms. The lowest BCUT2D eigenvalue weighted by molar-refractivity contribution is -0.148. The molecule has 1 atom stereocenters. The van der Waals surface area contributed by atoms with Gasteiger partial charge in [-0.15, -0.1) is 6.58 Å². The van der Waals surface area contributed by atoms with E-state index < -0.39 is 11.4 Å². The highest BCUT2D eigenvalue weighted by Gasteiger charge is 2.46. The Hall–Kier alpha value is -1.52. The number of nitrogens with zero attached hydrogens (tertiary/aromatic N) is 2. The van der Waals surface area contributed by atoms with Crippen LogP contribution in [0, 0.1) is 5.41 Å². The minimum absolute atomic E-state index is 0.0957. The van der Waals surface area contributed by atoms with Crippen molar-refractivity contribution in [2.75, 3.05) is 19.6 Å². The average molecular weight is 296 g/mol. The molecule has 1 saturated heterocycles. The summed E-state index contributed by atoms with van der Waals surface area (Å²) in [6.45, 7) is 12.9. The number of rotatable bonds is 5. The van der Waals surface area contributed by atoms with Gasteiger partial charge in [0.2, 0.25) is 0 Å². The molecule has 1 heterocycles. The molecule has 0 aromatic heterocycles. The molecule has 0 radical (unpaired) electrons. The molecule has 0 bridgehead atoms. The van der Waals surface area contributed by atoms with Crippen molar-refractivity contribution >= 4 is 12.0 Å². The second kappa shape index (κ2) is 6.50. The van der Waals surface area contributed by atoms with Crippen LogP contribution in [0.3, 0.4) is 0 Å². The number of carbonyl (C=O) groups excluding carboxylic acids is 1. The van der Waals surface area contributed by atoms with E-state index in [1.807, 2.05) is 27.7 Å². The topological polar surface area (TPSA) is 60.9 Å². The number of hydrogen-bond acceptors (Lipinski definition) is 2. The summed E-state index contributed by atoms with van der Waals surface area (Å²) < 4.78 is 0. The van der Waals surface area contributed by atoms with Gasteiger partial charge in [-0.25, -0.2) is 4.79 Å². The van der Waals surface area contributed by atoms with Crippen molar-refractivity contribution in [1.82, 2.24) is 9.80 Å². The van der Waals surface area contributed by atoms with Crippen molar-refractivity contribution in [2.45, 2.75) is 52.5 Å². The van der Waals surface area contributed by atoms with Gasteiger partial charge < -0.3 is 14.9 Å². The van der Waals surface area contributed by atoms with Gasteiger partial charge in [0.1, 0.15) is 0 Å². The van der Waals surface area contributed by atoms with Gasteiger partial charge in [-0.3, -0.25) is 4.79 Å². The first-order valence-corrected chi connectivity index (χ1v) is 7.59. The molecule has 0 aromatic rings. The molecule has 5 nitrogen and oxygen atoms in total. The van der Waals surface area contributed by atoms with Crippen LogP contribution in [0.15, 0.2) is 12.7 Å². The van der Waals surface area contributed by atoms with Crippen LogP contribution in [-0.2, 0) is 4.79 Å². The lowest BCUT2D eigenvalue weighted by Crippen LogP contribution is -2.52. The van der Waals surface area contributed by atoms with E-state index in [1.165, 1.54) is 0 Å². The van der Waals surface area contributed by atoms with Crippen molar-refractivity contribution in [1.29, 1.82) is 0 Å². The van der Waals surface area contributed by atoms with Crippen molar-refractivity contribution < 1.29 is 14.7 Å². The quantitative estimate of drug-likeness (QED) is 0.793. The first-order valence-electron chi connectivity index (χ1n) is 7.59. The molecule has 21 heavy (non-hydrogen) atoms. The molecule has 1 N–H and O–H groups in total. The average Bonchev–Trinajstić information content (AvgIpc) is 2.80. The summed E-state index contributed by atoms with van der Waals surface area (Å²) in [6, 6.07) is -0.0957. The standard InChI is InChI=1S/C16H28N2O3/c1-6-8-16(13(19)20)9-11-17(12-16)14(21)18(10-7-2)15(3,4)5/h7H,2,6,8-12H2,1,3-5H3,(H,19,20). The van der Waals surface area contributed by atoms with Crippen LogP contribution in [-0.4, -0.2) is 52.1 Å². The van der Waals surface area contributed by atoms with Crippen molar-refractivity contribution in [2.24, 2.45) is 5.41 Å². The second-order valence-corrected chi connectivity index (χ2v) is 6.86. The van der Waals surface area contributed by atoms with E-state index in [0.29, 0.717) is 32.5 Å². The molecular formula is C16H28N2O3. The highest BCUT2D eigenvalue weighted by molar-refractivity contribution is 5.80. The number of carboxylic acid groups (broad SMARTS) is 1. The summed E-state index contributed by atoms with van der Waals surface area (Å²) in [4.78, 5) is 27.7. The van der Waals surface area contributed by atoms with E-state index >= 15 is 0 Å². The third kappa shape index (κ3) is 3.77. The Labute approximate surface area is 127 Å². The Balaban J connectivity index is 2.90. The fourth-order valence-electron chi connectivity index (χ4n) is 2.94. The monoisotopic (exact) mass is 296 g/mol. The SMILES string of the molecule is C=CCN(C(=O)N1CCC(CCC)(C(=O)O)C1)C(C)(C)C. The first kappa shape index (κ1) is 17.5. The first-order chi connectivity index (χ1) is 9.68. The third-order valence-electron chi connectivity index (χ3n) is 4.16. The number of likely N-dealkylation sites (tertiary alicyclic amines) is 1. The Kier molecular flexibility index (Phi) is 5.42. The van der Waals surface area contributed by atoms with Crippen LogP contribution in [0.4, 0.5) is 4.79 Å². The zero-order chi connectivity index (χ0) is 16.3. The maximum atomic E-state index is 12.7. The highest BCUT2D eigenvalue weighted by atomic mass is 16.4. The largest absolute Gasteiger partial charge is 0.481 e. The highest BCUT2D eigenvalue weighted by Crippen LogP contribution is 2.36. The van der Waals surface area contributed by atoms with Gasteiger partial charge >= 0.3 is 12.0 Å². The molecule has 1 rings (SSSR count). The molecule has 0 spiro atoms. The summed E-state index contributed by atoms with van der Waals surface area (Å²) in [7, 11) is 0. The normalized spacial score (nSPS) is 22.2. The zero-order valence-corrected chi connectivity index (χ0v) is 13.7. The van der Waals surface area contributed by atoms with E-state index in [4.69, 9.17) is 0 Å². The lowest BCUT2D eigenvalue weighted by atomic mass is 9.83. The van der Waals surface area contributed by atoms with E-state index in [-0.39, 0.29) is 11.6 Å². The van der Waals surface area contributed by atoms with Crippen molar-refractivity contribution in [3.8, 4) is 0 Å². The predicted molar refractivity (Wildman–Crippen MR) is 83.2 cm³/mol. The molecule has 0 aliphatic carbocycles. The number of carboxylic acids is 1. The maximum Gasteiger partial charge on any atom is 0.320 e. The molecule has 1 aliphatic rings. The van der Waals surface area contributed by atoms with Crippen LogP contribution >= 0.6 is 0 Å².